The third kappa shape index (κ3) is 7.25. The van der Waals surface area contributed by atoms with Crippen molar-refractivity contribution in [1.82, 2.24) is 20.9 Å². The number of amides is 4. The molecule has 0 radical (unpaired) electrons. The molecule has 4 fully saturated rings. The highest BCUT2D eigenvalue weighted by atomic mass is 16.6. The van der Waals surface area contributed by atoms with Gasteiger partial charge in [0.05, 0.1) is 32.4 Å². The molecule has 2 heterocycles. The van der Waals surface area contributed by atoms with Gasteiger partial charge in [-0.15, -0.1) is 0 Å². The second kappa shape index (κ2) is 12.7. The zero-order valence-corrected chi connectivity index (χ0v) is 25.0. The fourth-order valence-electron chi connectivity index (χ4n) is 6.35. The predicted octanol–water partition coefficient (Wildman–Crippen LogP) is 0.388. The Kier molecular flexibility index (Phi) is 9.19. The highest BCUT2D eigenvalue weighted by Crippen LogP contribution is 2.52. The van der Waals surface area contributed by atoms with Crippen molar-refractivity contribution in [1.29, 1.82) is 0 Å². The third-order valence-corrected chi connectivity index (χ3v) is 9.32. The molecule has 2 saturated carbocycles. The van der Waals surface area contributed by atoms with Gasteiger partial charge in [-0.1, -0.05) is 37.8 Å². The van der Waals surface area contributed by atoms with E-state index in [0.717, 1.165) is 31.2 Å². The molecule has 2 saturated heterocycles. The topological polar surface area (TPSA) is 172 Å². The van der Waals surface area contributed by atoms with Gasteiger partial charge in [-0.3, -0.25) is 28.9 Å². The molecule has 1 aromatic rings. The number of ketones is 1. The van der Waals surface area contributed by atoms with Crippen LogP contribution in [0.1, 0.15) is 74.2 Å². The van der Waals surface area contributed by atoms with Crippen LogP contribution in [-0.4, -0.2) is 97.0 Å². The molecule has 4 aliphatic rings. The molecule has 1 aromatic carbocycles. The maximum atomic E-state index is 14.1. The number of primary amides is 1. The number of morpholine rings is 1. The van der Waals surface area contributed by atoms with Crippen LogP contribution in [0.4, 0.5) is 0 Å². The normalized spacial score (nSPS) is 28.4. The maximum Gasteiger partial charge on any atom is 0.248 e. The number of nitrogens with zero attached hydrogens (tertiary/aromatic N) is 1. The van der Waals surface area contributed by atoms with Crippen LogP contribution in [0.3, 0.4) is 0 Å². The van der Waals surface area contributed by atoms with Gasteiger partial charge in [0, 0.05) is 24.6 Å². The van der Waals surface area contributed by atoms with Gasteiger partial charge in [0.2, 0.25) is 23.6 Å². The number of benzene rings is 1. The summed E-state index contributed by atoms with van der Waals surface area (Å²) in [4.78, 5) is 67.1. The predicted molar refractivity (Wildman–Crippen MR) is 156 cm³/mol. The molecule has 234 valence electrons. The van der Waals surface area contributed by atoms with Crippen molar-refractivity contribution in [2.75, 3.05) is 39.5 Å². The highest BCUT2D eigenvalue weighted by Gasteiger charge is 2.63. The van der Waals surface area contributed by atoms with Crippen LogP contribution < -0.4 is 21.7 Å². The van der Waals surface area contributed by atoms with E-state index in [1.54, 1.807) is 38.1 Å². The number of nitrogens with two attached hydrogens (primary N) is 1. The standard InChI is InChI=1S/C31H43N5O7/c1-19(33-25(37)17-36-11-13-42-14-12-36)28(40)35-31(16-23(31)21-7-9-22(10-8-21)27(32)39)29(41)34-24(15-20-5-3-4-6-20)26(38)30(2)18-43-30/h7-10,19-20,23-24H,3-6,11-18H2,1-2H3,(H2,32,39)(H,33,37)(H,34,41)(H,35,40)/t19-,23?,24-,30+,31?/m0/s1. The smallest absolute Gasteiger partial charge is 0.248 e. The second-order valence-corrected chi connectivity index (χ2v) is 12.7. The number of carbonyl (C=O) groups is 5. The van der Waals surface area contributed by atoms with Crippen molar-refractivity contribution in [3.63, 3.8) is 0 Å². The number of Topliss-reactive ketones (excluding diaryl/α,β-unsaturated/α-hetero) is 1. The van der Waals surface area contributed by atoms with Gasteiger partial charge in [0.25, 0.3) is 0 Å². The molecule has 0 spiro atoms. The Morgan fingerprint density at radius 3 is 2.30 bits per heavy atom. The molecule has 0 bridgehead atoms. The van der Waals surface area contributed by atoms with Crippen molar-refractivity contribution in [3.05, 3.63) is 35.4 Å². The Hall–Kier alpha value is -3.35. The second-order valence-electron chi connectivity index (χ2n) is 12.7. The van der Waals surface area contributed by atoms with E-state index in [0.29, 0.717) is 57.2 Å². The average Bonchev–Trinajstić information content (AvgIpc) is 3.85. The molecule has 2 unspecified atom stereocenters. The van der Waals surface area contributed by atoms with Crippen molar-refractivity contribution < 1.29 is 33.4 Å². The molecule has 2 aliphatic carbocycles. The molecule has 12 heteroatoms. The minimum absolute atomic E-state index is 0.146. The fraction of sp³-hybridized carbons (Fsp3) is 0.645. The number of rotatable bonds is 13. The number of epoxide rings is 1. The van der Waals surface area contributed by atoms with Crippen LogP contribution in [-0.2, 0) is 28.7 Å². The van der Waals surface area contributed by atoms with E-state index >= 15 is 0 Å². The molecule has 5 atom stereocenters. The molecule has 0 aromatic heterocycles. The van der Waals surface area contributed by atoms with Crippen LogP contribution in [0.15, 0.2) is 24.3 Å². The summed E-state index contributed by atoms with van der Waals surface area (Å²) in [5, 5.41) is 8.66. The van der Waals surface area contributed by atoms with Gasteiger partial charge in [-0.05, 0) is 50.3 Å². The zero-order valence-electron chi connectivity index (χ0n) is 25.0. The molecule has 5 N–H and O–H groups in total. The molecule has 2 aliphatic heterocycles. The first kappa shape index (κ1) is 31.1. The van der Waals surface area contributed by atoms with E-state index < -0.39 is 46.9 Å². The summed E-state index contributed by atoms with van der Waals surface area (Å²) in [6.07, 6.45) is 5.05. The largest absolute Gasteiger partial charge is 0.379 e. The van der Waals surface area contributed by atoms with Gasteiger partial charge in [-0.2, -0.15) is 0 Å². The third-order valence-electron chi connectivity index (χ3n) is 9.32. The summed E-state index contributed by atoms with van der Waals surface area (Å²) in [5.41, 5.74) is 4.25. The lowest BCUT2D eigenvalue weighted by atomic mass is 9.90. The first-order valence-corrected chi connectivity index (χ1v) is 15.3. The summed E-state index contributed by atoms with van der Waals surface area (Å²) in [5.74, 6) is -2.02. The van der Waals surface area contributed by atoms with Crippen molar-refractivity contribution in [3.8, 4) is 0 Å². The van der Waals surface area contributed by atoms with Gasteiger partial charge in [-0.25, -0.2) is 0 Å². The van der Waals surface area contributed by atoms with Crippen LogP contribution in [0.25, 0.3) is 0 Å². The van der Waals surface area contributed by atoms with Gasteiger partial charge in [0.1, 0.15) is 17.2 Å². The van der Waals surface area contributed by atoms with E-state index in [-0.39, 0.29) is 18.2 Å². The molecule has 12 nitrogen and oxygen atoms in total. The lowest BCUT2D eigenvalue weighted by Gasteiger charge is -2.28. The summed E-state index contributed by atoms with van der Waals surface area (Å²) in [7, 11) is 0. The fourth-order valence-corrected chi connectivity index (χ4v) is 6.35. The number of nitrogens with one attached hydrogen (secondary N) is 3. The SMILES string of the molecule is C[C@H](NC(=O)CN1CCOCC1)C(=O)NC1(C(=O)N[C@@H](CC2CCCC2)C(=O)[C@@]2(C)CO2)CC1c1ccc(C(N)=O)cc1. The Labute approximate surface area is 251 Å². The monoisotopic (exact) mass is 597 g/mol. The number of hydrogen-bond acceptors (Lipinski definition) is 8. The first-order chi connectivity index (χ1) is 20.5. The molecular formula is C31H43N5O7. The van der Waals surface area contributed by atoms with Gasteiger partial charge < -0.3 is 31.2 Å². The van der Waals surface area contributed by atoms with Crippen LogP contribution in [0, 0.1) is 5.92 Å². The summed E-state index contributed by atoms with van der Waals surface area (Å²) in [6, 6.07) is 4.99. The summed E-state index contributed by atoms with van der Waals surface area (Å²) >= 11 is 0. The lowest BCUT2D eigenvalue weighted by molar-refractivity contribution is -0.135. The van der Waals surface area contributed by atoms with E-state index in [4.69, 9.17) is 15.2 Å². The quantitative estimate of drug-likeness (QED) is 0.236. The van der Waals surface area contributed by atoms with Gasteiger partial charge in [0.15, 0.2) is 5.78 Å². The highest BCUT2D eigenvalue weighted by molar-refractivity contribution is 6.02. The van der Waals surface area contributed by atoms with Crippen LogP contribution in [0.2, 0.25) is 0 Å². The van der Waals surface area contributed by atoms with Crippen molar-refractivity contribution in [2.45, 2.75) is 81.5 Å². The minimum atomic E-state index is -1.33. The van der Waals surface area contributed by atoms with E-state index in [1.165, 1.54) is 0 Å². The molecule has 5 rings (SSSR count). The Bertz CT molecular complexity index is 1240. The van der Waals surface area contributed by atoms with Gasteiger partial charge >= 0.3 is 0 Å². The molecule has 43 heavy (non-hydrogen) atoms. The Morgan fingerprint density at radius 1 is 1.05 bits per heavy atom. The minimum Gasteiger partial charge on any atom is -0.379 e. The number of carbonyl (C=O) groups excluding carboxylic acids is 5. The van der Waals surface area contributed by atoms with Crippen LogP contribution in [0.5, 0.6) is 0 Å². The maximum absolute atomic E-state index is 14.1. The average molecular weight is 598 g/mol. The Balaban J connectivity index is 1.31. The summed E-state index contributed by atoms with van der Waals surface area (Å²) in [6.45, 7) is 6.17. The van der Waals surface area contributed by atoms with Crippen molar-refractivity contribution >= 4 is 29.4 Å². The zero-order chi connectivity index (χ0) is 30.8. The van der Waals surface area contributed by atoms with Crippen molar-refractivity contribution in [2.24, 2.45) is 11.7 Å². The Morgan fingerprint density at radius 2 is 1.70 bits per heavy atom. The number of ether oxygens (including phenoxy) is 2. The van der Waals surface area contributed by atoms with E-state index in [2.05, 4.69) is 16.0 Å². The summed E-state index contributed by atoms with van der Waals surface area (Å²) < 4.78 is 10.8. The number of hydrogen-bond donors (Lipinski definition) is 4. The van der Waals surface area contributed by atoms with E-state index in [9.17, 15) is 24.0 Å². The molecule has 4 amide bonds. The first-order valence-electron chi connectivity index (χ1n) is 15.3. The lowest BCUT2D eigenvalue weighted by Crippen LogP contribution is -2.59. The molecular weight excluding hydrogens is 554 g/mol. The van der Waals surface area contributed by atoms with Crippen LogP contribution >= 0.6 is 0 Å². The van der Waals surface area contributed by atoms with E-state index in [1.807, 2.05) is 4.90 Å².